The van der Waals surface area contributed by atoms with Crippen molar-refractivity contribution in [2.75, 3.05) is 0 Å². The van der Waals surface area contributed by atoms with E-state index in [4.69, 9.17) is 0 Å². The zero-order valence-electron chi connectivity index (χ0n) is 11.4. The number of Topliss-reactive ketones (excluding diaryl/α,β-unsaturated/α-hetero) is 1. The van der Waals surface area contributed by atoms with Crippen LogP contribution in [0.25, 0.3) is 0 Å². The lowest BCUT2D eigenvalue weighted by molar-refractivity contribution is -0.128. The summed E-state index contributed by atoms with van der Waals surface area (Å²) >= 11 is 0. The van der Waals surface area contributed by atoms with Gasteiger partial charge >= 0.3 is 0 Å². The third-order valence-electron chi connectivity index (χ3n) is 4.80. The molecule has 0 bridgehead atoms. The highest BCUT2D eigenvalue weighted by Crippen LogP contribution is 2.30. The summed E-state index contributed by atoms with van der Waals surface area (Å²) in [5, 5.41) is 3.67. The van der Waals surface area contributed by atoms with Crippen LogP contribution in [0.3, 0.4) is 0 Å². The molecule has 2 aliphatic carbocycles. The second-order valence-electron chi connectivity index (χ2n) is 6.04. The molecule has 0 saturated heterocycles. The minimum atomic E-state index is 0.133. The quantitative estimate of drug-likeness (QED) is 0.768. The molecule has 0 aromatic rings. The Kier molecular flexibility index (Phi) is 4.61. The van der Waals surface area contributed by atoms with Gasteiger partial charge in [-0.2, -0.15) is 0 Å². The van der Waals surface area contributed by atoms with E-state index in [-0.39, 0.29) is 6.04 Å². The van der Waals surface area contributed by atoms with Crippen molar-refractivity contribution < 1.29 is 4.79 Å². The Morgan fingerprint density at radius 1 is 1.18 bits per heavy atom. The van der Waals surface area contributed by atoms with E-state index < -0.39 is 0 Å². The fourth-order valence-corrected chi connectivity index (χ4v) is 3.06. The first-order chi connectivity index (χ1) is 8.22. The van der Waals surface area contributed by atoms with Crippen molar-refractivity contribution in [3.63, 3.8) is 0 Å². The maximum absolute atomic E-state index is 12.5. The molecule has 2 nitrogen and oxygen atoms in total. The highest BCUT2D eigenvalue weighted by molar-refractivity contribution is 5.87. The number of ketones is 1. The zero-order valence-corrected chi connectivity index (χ0v) is 11.4. The fourth-order valence-electron chi connectivity index (χ4n) is 3.06. The molecule has 2 unspecified atom stereocenters. The van der Waals surface area contributed by atoms with E-state index in [9.17, 15) is 4.79 Å². The molecule has 2 saturated carbocycles. The predicted octanol–water partition coefficient (Wildman–Crippen LogP) is 3.30. The van der Waals surface area contributed by atoms with Crippen molar-refractivity contribution >= 4 is 5.78 Å². The van der Waals surface area contributed by atoms with E-state index >= 15 is 0 Å². The maximum atomic E-state index is 12.5. The van der Waals surface area contributed by atoms with Gasteiger partial charge < -0.3 is 5.32 Å². The van der Waals surface area contributed by atoms with Crippen LogP contribution >= 0.6 is 0 Å². The Balaban J connectivity index is 1.93. The van der Waals surface area contributed by atoms with Gasteiger partial charge in [0.2, 0.25) is 0 Å². The van der Waals surface area contributed by atoms with Gasteiger partial charge in [-0.15, -0.1) is 0 Å². The van der Waals surface area contributed by atoms with Gasteiger partial charge in [0.05, 0.1) is 6.04 Å². The largest absolute Gasteiger partial charge is 0.304 e. The van der Waals surface area contributed by atoms with Crippen molar-refractivity contribution in [2.24, 2.45) is 11.8 Å². The molecule has 0 spiro atoms. The van der Waals surface area contributed by atoms with Crippen LogP contribution in [0.1, 0.15) is 65.2 Å². The summed E-state index contributed by atoms with van der Waals surface area (Å²) in [5.41, 5.74) is 0. The summed E-state index contributed by atoms with van der Waals surface area (Å²) in [6.45, 7) is 4.42. The normalized spacial score (nSPS) is 25.5. The Labute approximate surface area is 106 Å². The average molecular weight is 237 g/mol. The van der Waals surface area contributed by atoms with Crippen LogP contribution in [0.2, 0.25) is 0 Å². The van der Waals surface area contributed by atoms with Crippen LogP contribution in [0.5, 0.6) is 0 Å². The first-order valence-electron chi connectivity index (χ1n) is 7.52. The molecule has 2 heteroatoms. The monoisotopic (exact) mass is 237 g/mol. The molecule has 2 fully saturated rings. The lowest BCUT2D eigenvalue weighted by atomic mass is 9.77. The molecular weight excluding hydrogens is 210 g/mol. The number of hydrogen-bond donors (Lipinski definition) is 1. The van der Waals surface area contributed by atoms with E-state index in [0.717, 1.165) is 19.3 Å². The third-order valence-corrected chi connectivity index (χ3v) is 4.80. The molecule has 0 aromatic carbocycles. The first kappa shape index (κ1) is 13.1. The van der Waals surface area contributed by atoms with Crippen LogP contribution in [0, 0.1) is 11.8 Å². The van der Waals surface area contributed by atoms with Crippen LogP contribution in [-0.4, -0.2) is 17.9 Å². The highest BCUT2D eigenvalue weighted by Gasteiger charge is 2.34. The fraction of sp³-hybridized carbons (Fsp3) is 0.933. The predicted molar refractivity (Wildman–Crippen MR) is 71.0 cm³/mol. The topological polar surface area (TPSA) is 29.1 Å². The van der Waals surface area contributed by atoms with Crippen molar-refractivity contribution in [1.82, 2.24) is 5.32 Å². The summed E-state index contributed by atoms with van der Waals surface area (Å²) in [7, 11) is 0. The van der Waals surface area contributed by atoms with Crippen LogP contribution < -0.4 is 5.32 Å². The molecule has 98 valence electrons. The standard InChI is InChI=1S/C15H27NO/c1-3-11(2)14(15(17)12-7-6-8-12)16-13-9-4-5-10-13/h11-14,16H,3-10H2,1-2H3. The van der Waals surface area contributed by atoms with E-state index in [1.54, 1.807) is 0 Å². The van der Waals surface area contributed by atoms with Gasteiger partial charge in [-0.25, -0.2) is 0 Å². The van der Waals surface area contributed by atoms with E-state index in [2.05, 4.69) is 19.2 Å². The van der Waals surface area contributed by atoms with E-state index in [0.29, 0.717) is 23.7 Å². The number of nitrogens with one attached hydrogen (secondary N) is 1. The van der Waals surface area contributed by atoms with Crippen LogP contribution in [0.4, 0.5) is 0 Å². The highest BCUT2D eigenvalue weighted by atomic mass is 16.1. The Morgan fingerprint density at radius 2 is 1.82 bits per heavy atom. The molecule has 2 atom stereocenters. The average Bonchev–Trinajstić information content (AvgIpc) is 2.75. The Morgan fingerprint density at radius 3 is 2.29 bits per heavy atom. The number of carbonyl (C=O) groups is 1. The van der Waals surface area contributed by atoms with Gasteiger partial charge in [0.1, 0.15) is 0 Å². The van der Waals surface area contributed by atoms with Crippen LogP contribution in [0.15, 0.2) is 0 Å². The van der Waals surface area contributed by atoms with Gasteiger partial charge in [0, 0.05) is 12.0 Å². The smallest absolute Gasteiger partial charge is 0.153 e. The molecule has 0 radical (unpaired) electrons. The molecule has 0 aromatic heterocycles. The van der Waals surface area contributed by atoms with Gasteiger partial charge in [-0.3, -0.25) is 4.79 Å². The number of rotatable bonds is 6. The van der Waals surface area contributed by atoms with Gasteiger partial charge in [-0.05, 0) is 31.6 Å². The van der Waals surface area contributed by atoms with Gasteiger partial charge in [0.25, 0.3) is 0 Å². The summed E-state index contributed by atoms with van der Waals surface area (Å²) in [5.74, 6) is 1.38. The summed E-state index contributed by atoms with van der Waals surface area (Å²) in [6.07, 6.45) is 9.84. The molecule has 0 amide bonds. The molecular formula is C15H27NO. The van der Waals surface area contributed by atoms with E-state index in [1.807, 2.05) is 0 Å². The van der Waals surface area contributed by atoms with Gasteiger partial charge in [0.15, 0.2) is 5.78 Å². The number of carbonyl (C=O) groups excluding carboxylic acids is 1. The molecule has 1 N–H and O–H groups in total. The van der Waals surface area contributed by atoms with Crippen molar-refractivity contribution in [2.45, 2.75) is 77.3 Å². The summed E-state index contributed by atoms with van der Waals surface area (Å²) < 4.78 is 0. The molecule has 2 rings (SSSR count). The third kappa shape index (κ3) is 3.09. The SMILES string of the molecule is CCC(C)C(NC1CCCC1)C(=O)C1CCC1. The molecule has 0 aliphatic heterocycles. The van der Waals surface area contributed by atoms with Crippen molar-refractivity contribution in [3.05, 3.63) is 0 Å². The first-order valence-corrected chi connectivity index (χ1v) is 7.52. The van der Waals surface area contributed by atoms with Crippen LogP contribution in [-0.2, 0) is 4.79 Å². The zero-order chi connectivity index (χ0) is 12.3. The minimum absolute atomic E-state index is 0.133. The van der Waals surface area contributed by atoms with E-state index in [1.165, 1.54) is 32.1 Å². The molecule has 0 heterocycles. The lowest BCUT2D eigenvalue weighted by Gasteiger charge is -2.33. The van der Waals surface area contributed by atoms with Crippen molar-refractivity contribution in [1.29, 1.82) is 0 Å². The second-order valence-corrected chi connectivity index (χ2v) is 6.04. The summed E-state index contributed by atoms with van der Waals surface area (Å²) in [4.78, 5) is 12.5. The Bertz CT molecular complexity index is 254. The van der Waals surface area contributed by atoms with Gasteiger partial charge in [-0.1, -0.05) is 39.5 Å². The molecule has 2 aliphatic rings. The summed E-state index contributed by atoms with van der Waals surface area (Å²) in [6, 6.07) is 0.742. The second kappa shape index (κ2) is 5.99. The maximum Gasteiger partial charge on any atom is 0.153 e. The van der Waals surface area contributed by atoms with Crippen molar-refractivity contribution in [3.8, 4) is 0 Å². The molecule has 17 heavy (non-hydrogen) atoms. The number of hydrogen-bond acceptors (Lipinski definition) is 2. The Hall–Kier alpha value is -0.370. The minimum Gasteiger partial charge on any atom is -0.304 e. The lowest BCUT2D eigenvalue weighted by Crippen LogP contribution is -2.49.